The molecule has 0 atom stereocenters. The van der Waals surface area contributed by atoms with Gasteiger partial charge in [-0.3, -0.25) is 4.79 Å². The molecule has 1 N–H and O–H groups in total. The lowest BCUT2D eigenvalue weighted by Gasteiger charge is -2.30. The number of nitrogens with zero attached hydrogens (tertiary/aromatic N) is 3. The second-order valence-electron chi connectivity index (χ2n) is 6.81. The van der Waals surface area contributed by atoms with Crippen molar-refractivity contribution < 1.29 is 14.3 Å². The molecule has 0 bridgehead atoms. The van der Waals surface area contributed by atoms with E-state index >= 15 is 0 Å². The van der Waals surface area contributed by atoms with Crippen LogP contribution in [0.2, 0.25) is 0 Å². The molecule has 0 unspecified atom stereocenters. The van der Waals surface area contributed by atoms with Crippen LogP contribution in [0.1, 0.15) is 35.7 Å². The molecule has 1 aromatic heterocycles. The van der Waals surface area contributed by atoms with Crippen molar-refractivity contribution in [3.05, 3.63) is 41.7 Å². The van der Waals surface area contributed by atoms with Gasteiger partial charge in [-0.05, 0) is 36.5 Å². The highest BCUT2D eigenvalue weighted by atomic mass is 16.5. The maximum atomic E-state index is 12.4. The summed E-state index contributed by atoms with van der Waals surface area (Å²) in [4.78, 5) is 23.3. The van der Waals surface area contributed by atoms with Crippen molar-refractivity contribution in [2.75, 3.05) is 32.2 Å². The first-order valence-corrected chi connectivity index (χ1v) is 9.16. The van der Waals surface area contributed by atoms with Gasteiger partial charge in [0.25, 0.3) is 5.91 Å². The fourth-order valence-corrected chi connectivity index (χ4v) is 3.09. The molecule has 1 aromatic carbocycles. The van der Waals surface area contributed by atoms with Crippen LogP contribution in [0, 0.1) is 5.92 Å². The van der Waals surface area contributed by atoms with E-state index in [0.29, 0.717) is 29.6 Å². The Hall–Kier alpha value is -2.83. The van der Waals surface area contributed by atoms with Crippen molar-refractivity contribution in [1.82, 2.24) is 15.3 Å². The third-order valence-electron chi connectivity index (χ3n) is 4.87. The van der Waals surface area contributed by atoms with E-state index < -0.39 is 0 Å². The second-order valence-corrected chi connectivity index (χ2v) is 6.81. The lowest BCUT2D eigenvalue weighted by Crippen LogP contribution is -2.34. The van der Waals surface area contributed by atoms with Gasteiger partial charge in [0.05, 0.1) is 19.8 Å². The molecule has 0 radical (unpaired) electrons. The molecule has 0 aliphatic carbocycles. The summed E-state index contributed by atoms with van der Waals surface area (Å²) < 4.78 is 10.5. The number of benzene rings is 1. The number of piperidine rings is 1. The first kappa shape index (κ1) is 18.9. The molecule has 144 valence electrons. The summed E-state index contributed by atoms with van der Waals surface area (Å²) in [5.74, 6) is 2.53. The zero-order chi connectivity index (χ0) is 19.2. The van der Waals surface area contributed by atoms with E-state index in [4.69, 9.17) is 9.47 Å². The molecule has 7 heteroatoms. The first-order valence-electron chi connectivity index (χ1n) is 9.16. The maximum Gasteiger partial charge on any atom is 0.254 e. The first-order chi connectivity index (χ1) is 13.1. The van der Waals surface area contributed by atoms with Crippen LogP contribution < -0.4 is 19.7 Å². The number of amides is 1. The van der Waals surface area contributed by atoms with Gasteiger partial charge in [-0.25, -0.2) is 9.97 Å². The molecule has 0 saturated carbocycles. The molecular weight excluding hydrogens is 344 g/mol. The number of ether oxygens (including phenoxy) is 2. The minimum absolute atomic E-state index is 0.205. The number of anilines is 1. The fraction of sp³-hybridized carbons (Fsp3) is 0.450. The van der Waals surface area contributed by atoms with E-state index in [1.165, 1.54) is 0 Å². The van der Waals surface area contributed by atoms with E-state index in [0.717, 1.165) is 37.4 Å². The Morgan fingerprint density at radius 1 is 1.15 bits per heavy atom. The van der Waals surface area contributed by atoms with Crippen molar-refractivity contribution in [3.63, 3.8) is 0 Å². The standard InChI is InChI=1S/C20H26N4O3/c1-14-6-8-24(9-7-14)20-22-12-16(13-23-20)19(25)21-11-15-4-5-17(26-2)18(10-15)27-3/h4-5,10,12-14H,6-9,11H2,1-3H3,(H,21,25). The summed E-state index contributed by atoms with van der Waals surface area (Å²) in [5.41, 5.74) is 1.37. The lowest BCUT2D eigenvalue weighted by atomic mass is 10.00. The third-order valence-corrected chi connectivity index (χ3v) is 4.87. The van der Waals surface area contributed by atoms with Crippen molar-refractivity contribution in [2.24, 2.45) is 5.92 Å². The highest BCUT2D eigenvalue weighted by molar-refractivity contribution is 5.93. The maximum absolute atomic E-state index is 12.4. The average Bonchev–Trinajstić information content (AvgIpc) is 2.72. The van der Waals surface area contributed by atoms with Gasteiger partial charge in [-0.15, -0.1) is 0 Å². The van der Waals surface area contributed by atoms with Gasteiger partial charge in [-0.2, -0.15) is 0 Å². The zero-order valence-corrected chi connectivity index (χ0v) is 16.1. The summed E-state index contributed by atoms with van der Waals surface area (Å²) in [6.07, 6.45) is 5.47. The SMILES string of the molecule is COc1ccc(CNC(=O)c2cnc(N3CCC(C)CC3)nc2)cc1OC. The third kappa shape index (κ3) is 4.67. The molecule has 3 rings (SSSR count). The zero-order valence-electron chi connectivity index (χ0n) is 16.1. The number of rotatable bonds is 6. The number of methoxy groups -OCH3 is 2. The monoisotopic (exact) mass is 370 g/mol. The van der Waals surface area contributed by atoms with Crippen LogP contribution in [0.4, 0.5) is 5.95 Å². The molecule has 2 aromatic rings. The molecular formula is C20H26N4O3. The lowest BCUT2D eigenvalue weighted by molar-refractivity contribution is 0.0950. The molecule has 1 aliphatic heterocycles. The number of hydrogen-bond acceptors (Lipinski definition) is 6. The van der Waals surface area contributed by atoms with E-state index in [-0.39, 0.29) is 5.91 Å². The summed E-state index contributed by atoms with van der Waals surface area (Å²) in [6.45, 7) is 4.58. The van der Waals surface area contributed by atoms with Crippen LogP contribution in [0.25, 0.3) is 0 Å². The molecule has 2 heterocycles. The Balaban J connectivity index is 1.58. The van der Waals surface area contributed by atoms with E-state index in [9.17, 15) is 4.79 Å². The summed E-state index contributed by atoms with van der Waals surface area (Å²) >= 11 is 0. The Kier molecular flexibility index (Phi) is 6.11. The Labute approximate surface area is 159 Å². The molecule has 1 aliphatic rings. The van der Waals surface area contributed by atoms with Crippen LogP contribution >= 0.6 is 0 Å². The van der Waals surface area contributed by atoms with Crippen molar-refractivity contribution in [2.45, 2.75) is 26.3 Å². The fourth-order valence-electron chi connectivity index (χ4n) is 3.09. The molecule has 27 heavy (non-hydrogen) atoms. The molecule has 1 saturated heterocycles. The molecule has 0 spiro atoms. The highest BCUT2D eigenvalue weighted by Crippen LogP contribution is 2.27. The van der Waals surface area contributed by atoms with Crippen LogP contribution in [-0.4, -0.2) is 43.2 Å². The predicted molar refractivity (Wildman–Crippen MR) is 103 cm³/mol. The highest BCUT2D eigenvalue weighted by Gasteiger charge is 2.18. The molecule has 1 fully saturated rings. The van der Waals surface area contributed by atoms with E-state index in [2.05, 4.69) is 27.1 Å². The van der Waals surface area contributed by atoms with E-state index in [1.54, 1.807) is 26.6 Å². The molecule has 7 nitrogen and oxygen atoms in total. The van der Waals surface area contributed by atoms with Gasteiger partial charge in [-0.1, -0.05) is 13.0 Å². The smallest absolute Gasteiger partial charge is 0.254 e. The van der Waals surface area contributed by atoms with Crippen LogP contribution in [0.5, 0.6) is 11.5 Å². The Morgan fingerprint density at radius 3 is 2.44 bits per heavy atom. The minimum Gasteiger partial charge on any atom is -0.493 e. The summed E-state index contributed by atoms with van der Waals surface area (Å²) in [5, 5.41) is 2.88. The molecule has 1 amide bonds. The van der Waals surface area contributed by atoms with Crippen LogP contribution in [0.3, 0.4) is 0 Å². The normalized spacial score (nSPS) is 14.7. The van der Waals surface area contributed by atoms with Gasteiger partial charge >= 0.3 is 0 Å². The predicted octanol–water partition coefficient (Wildman–Crippen LogP) is 2.66. The van der Waals surface area contributed by atoms with Gasteiger partial charge in [0.2, 0.25) is 5.95 Å². The summed E-state index contributed by atoms with van der Waals surface area (Å²) in [6, 6.07) is 5.55. The summed E-state index contributed by atoms with van der Waals surface area (Å²) in [7, 11) is 3.18. The van der Waals surface area contributed by atoms with E-state index in [1.807, 2.05) is 18.2 Å². The Morgan fingerprint density at radius 2 is 1.81 bits per heavy atom. The van der Waals surface area contributed by atoms with Crippen molar-refractivity contribution in [3.8, 4) is 11.5 Å². The van der Waals surface area contributed by atoms with Gasteiger partial charge < -0.3 is 19.7 Å². The van der Waals surface area contributed by atoms with Crippen molar-refractivity contribution >= 4 is 11.9 Å². The topological polar surface area (TPSA) is 76.6 Å². The quantitative estimate of drug-likeness (QED) is 0.842. The number of carbonyl (C=O) groups is 1. The van der Waals surface area contributed by atoms with Crippen LogP contribution in [-0.2, 0) is 6.54 Å². The number of aromatic nitrogens is 2. The van der Waals surface area contributed by atoms with Gasteiger partial charge in [0.1, 0.15) is 0 Å². The van der Waals surface area contributed by atoms with Crippen molar-refractivity contribution in [1.29, 1.82) is 0 Å². The van der Waals surface area contributed by atoms with Crippen LogP contribution in [0.15, 0.2) is 30.6 Å². The van der Waals surface area contributed by atoms with Gasteiger partial charge in [0.15, 0.2) is 11.5 Å². The van der Waals surface area contributed by atoms with Gasteiger partial charge in [0, 0.05) is 32.0 Å². The number of carbonyl (C=O) groups excluding carboxylic acids is 1. The average molecular weight is 370 g/mol. The largest absolute Gasteiger partial charge is 0.493 e. The minimum atomic E-state index is -0.205. The number of nitrogens with one attached hydrogen (secondary N) is 1. The Bertz CT molecular complexity index is 771. The second kappa shape index (κ2) is 8.70. The number of hydrogen-bond donors (Lipinski definition) is 1.